The third-order valence-electron chi connectivity index (χ3n) is 3.99. The number of aliphatic carboxylic acids is 1. The lowest BCUT2D eigenvalue weighted by Crippen LogP contribution is -1.93. The number of carboxylic acids is 1. The number of rotatable bonds is 16. The normalized spacial score (nSPS) is 9.43. The molecule has 3 N–H and O–H groups in total. The second-order valence-corrected chi connectivity index (χ2v) is 6.09. The molecule has 0 aliphatic carbocycles. The lowest BCUT2D eigenvalue weighted by molar-refractivity contribution is -0.137. The van der Waals surface area contributed by atoms with Gasteiger partial charge >= 0.3 is 52.1 Å². The van der Waals surface area contributed by atoms with Crippen molar-refractivity contribution in [2.45, 2.75) is 110 Å². The third-order valence-corrected chi connectivity index (χ3v) is 3.99. The van der Waals surface area contributed by atoms with Crippen LogP contribution in [0, 0.1) is 0 Å². The summed E-state index contributed by atoms with van der Waals surface area (Å²) in [7, 11) is 0. The number of carbonyl (C=O) groups is 1. The van der Waals surface area contributed by atoms with Crippen LogP contribution in [-0.4, -0.2) is 62.7 Å². The summed E-state index contributed by atoms with van der Waals surface area (Å²) >= 11 is 0. The quantitative estimate of drug-likeness (QED) is 0.339. The van der Waals surface area contributed by atoms with Crippen LogP contribution in [0.25, 0.3) is 0 Å². The molecule has 3 nitrogen and oxygen atoms in total. The molecule has 0 aliphatic heterocycles. The van der Waals surface area contributed by atoms with Crippen molar-refractivity contribution in [3.8, 4) is 0 Å². The molecule has 0 atom stereocenters. The molecule has 23 heavy (non-hydrogen) atoms. The van der Waals surface area contributed by atoms with Gasteiger partial charge in [0.2, 0.25) is 0 Å². The number of hydrogen-bond acceptors (Lipinski definition) is 1. The fraction of sp³-hybridized carbons (Fsp3) is 0.944. The van der Waals surface area contributed by atoms with Crippen LogP contribution in [0.3, 0.4) is 0 Å². The Morgan fingerprint density at radius 3 is 1.13 bits per heavy atom. The SMILES string of the molecule is CCCCCCCCCCCCCCCCCC(=O)O.O.[MgH2].[MgH2]. The van der Waals surface area contributed by atoms with E-state index in [0.717, 1.165) is 12.8 Å². The molecule has 0 fully saturated rings. The first kappa shape index (κ1) is 31.7. The Kier molecular flexibility index (Phi) is 38.3. The lowest BCUT2D eigenvalue weighted by atomic mass is 10.0. The molecule has 0 aromatic carbocycles. The Balaban J connectivity index is -0.000000602. The van der Waals surface area contributed by atoms with Gasteiger partial charge in [0.1, 0.15) is 0 Å². The topological polar surface area (TPSA) is 68.8 Å². The zero-order chi connectivity index (χ0) is 14.9. The van der Waals surface area contributed by atoms with Gasteiger partial charge in [-0.2, -0.15) is 0 Å². The molecule has 0 saturated heterocycles. The van der Waals surface area contributed by atoms with Gasteiger partial charge in [0, 0.05) is 6.42 Å². The van der Waals surface area contributed by atoms with Gasteiger partial charge in [-0.15, -0.1) is 0 Å². The highest BCUT2D eigenvalue weighted by Gasteiger charge is 1.97. The van der Waals surface area contributed by atoms with Gasteiger partial charge in [-0.1, -0.05) is 96.8 Å². The van der Waals surface area contributed by atoms with Crippen LogP contribution in [0.2, 0.25) is 0 Å². The molecule has 0 spiro atoms. The van der Waals surface area contributed by atoms with Gasteiger partial charge < -0.3 is 10.6 Å². The fourth-order valence-electron chi connectivity index (χ4n) is 2.65. The maximum atomic E-state index is 10.3. The highest BCUT2D eigenvalue weighted by Crippen LogP contribution is 2.13. The first-order chi connectivity index (χ1) is 9.77. The van der Waals surface area contributed by atoms with Crippen molar-refractivity contribution in [2.75, 3.05) is 0 Å². The largest absolute Gasteiger partial charge is 0.481 e. The van der Waals surface area contributed by atoms with Crippen LogP contribution in [-0.2, 0) is 4.79 Å². The Bertz CT molecular complexity index is 214. The second kappa shape index (κ2) is 27.8. The standard InChI is InChI=1S/C18H36O2.2Mg.H2O.4H/c1-2-3-4-5-6-7-8-9-10-11-12-13-14-15-16-17-18(19)20;;;;;;;/h2-17H2,1H3,(H,19,20);;;1H2;;;;. The van der Waals surface area contributed by atoms with Crippen molar-refractivity contribution in [1.82, 2.24) is 0 Å². The van der Waals surface area contributed by atoms with Crippen LogP contribution in [0.4, 0.5) is 0 Å². The predicted octanol–water partition coefficient (Wildman–Crippen LogP) is 3.68. The van der Waals surface area contributed by atoms with Gasteiger partial charge in [0.25, 0.3) is 0 Å². The average molecular weight is 355 g/mol. The lowest BCUT2D eigenvalue weighted by Gasteiger charge is -2.03. The van der Waals surface area contributed by atoms with Crippen molar-refractivity contribution in [2.24, 2.45) is 0 Å². The Morgan fingerprint density at radius 2 is 0.870 bits per heavy atom. The Morgan fingerprint density at radius 1 is 0.609 bits per heavy atom. The van der Waals surface area contributed by atoms with Crippen molar-refractivity contribution in [3.05, 3.63) is 0 Å². The summed E-state index contributed by atoms with van der Waals surface area (Å²) in [5.74, 6) is -0.653. The number of carboxylic acid groups (broad SMARTS) is 1. The highest BCUT2D eigenvalue weighted by molar-refractivity contribution is 5.76. The number of hydrogen-bond donors (Lipinski definition) is 1. The molecule has 0 amide bonds. The van der Waals surface area contributed by atoms with E-state index < -0.39 is 5.97 Å². The van der Waals surface area contributed by atoms with Gasteiger partial charge in [0.15, 0.2) is 0 Å². The van der Waals surface area contributed by atoms with Gasteiger partial charge in [-0.25, -0.2) is 0 Å². The first-order valence-corrected chi connectivity index (χ1v) is 8.99. The molecule has 0 radical (unpaired) electrons. The summed E-state index contributed by atoms with van der Waals surface area (Å²) in [4.78, 5) is 10.3. The van der Waals surface area contributed by atoms with E-state index >= 15 is 0 Å². The minimum atomic E-state index is -0.653. The van der Waals surface area contributed by atoms with Gasteiger partial charge in [-0.05, 0) is 6.42 Å². The summed E-state index contributed by atoms with van der Waals surface area (Å²) in [6.45, 7) is 2.27. The molecule has 0 rings (SSSR count). The van der Waals surface area contributed by atoms with E-state index in [1.165, 1.54) is 83.5 Å². The molecule has 0 aromatic heterocycles. The minimum Gasteiger partial charge on any atom is -0.481 e. The summed E-state index contributed by atoms with van der Waals surface area (Å²) in [6.07, 6.45) is 20.2. The average Bonchev–Trinajstić information content (AvgIpc) is 2.43. The van der Waals surface area contributed by atoms with E-state index in [1.807, 2.05) is 0 Å². The molecule has 5 heteroatoms. The molecule has 0 unspecified atom stereocenters. The molecular weight excluding hydrogens is 313 g/mol. The van der Waals surface area contributed by atoms with E-state index in [4.69, 9.17) is 5.11 Å². The van der Waals surface area contributed by atoms with E-state index in [0.29, 0.717) is 6.42 Å². The third kappa shape index (κ3) is 31.3. The van der Waals surface area contributed by atoms with E-state index in [-0.39, 0.29) is 51.6 Å². The summed E-state index contributed by atoms with van der Waals surface area (Å²) in [6, 6.07) is 0. The van der Waals surface area contributed by atoms with E-state index in [9.17, 15) is 4.79 Å². The molecular formula is C18H42Mg2O3. The molecule has 0 saturated carbocycles. The van der Waals surface area contributed by atoms with Gasteiger partial charge in [0.05, 0.1) is 0 Å². The van der Waals surface area contributed by atoms with Crippen molar-refractivity contribution in [3.63, 3.8) is 0 Å². The van der Waals surface area contributed by atoms with Crippen molar-refractivity contribution < 1.29 is 15.4 Å². The summed E-state index contributed by atoms with van der Waals surface area (Å²) < 4.78 is 0. The van der Waals surface area contributed by atoms with Crippen LogP contribution < -0.4 is 0 Å². The Labute approximate surface area is 176 Å². The first-order valence-electron chi connectivity index (χ1n) is 8.99. The highest BCUT2D eigenvalue weighted by atomic mass is 24.3. The molecule has 0 heterocycles. The smallest absolute Gasteiger partial charge is 0.316 e. The van der Waals surface area contributed by atoms with Crippen LogP contribution in [0.5, 0.6) is 0 Å². The predicted molar refractivity (Wildman–Crippen MR) is 108 cm³/mol. The maximum Gasteiger partial charge on any atom is 0.316 e. The van der Waals surface area contributed by atoms with Crippen LogP contribution >= 0.6 is 0 Å². The van der Waals surface area contributed by atoms with Crippen molar-refractivity contribution in [1.29, 1.82) is 0 Å². The monoisotopic (exact) mass is 354 g/mol. The molecule has 136 valence electrons. The van der Waals surface area contributed by atoms with E-state index in [1.54, 1.807) is 0 Å². The van der Waals surface area contributed by atoms with Gasteiger partial charge in [-0.3, -0.25) is 4.79 Å². The second-order valence-electron chi connectivity index (χ2n) is 6.09. The van der Waals surface area contributed by atoms with Crippen LogP contribution in [0.1, 0.15) is 110 Å². The maximum absolute atomic E-state index is 10.3. The molecule has 0 aliphatic rings. The minimum absolute atomic E-state index is 0. The van der Waals surface area contributed by atoms with Crippen LogP contribution in [0.15, 0.2) is 0 Å². The zero-order valence-corrected chi connectivity index (χ0v) is 14.2. The Hall–Kier alpha value is 0.962. The molecule has 0 bridgehead atoms. The number of unbranched alkanes of at least 4 members (excludes halogenated alkanes) is 14. The fourth-order valence-corrected chi connectivity index (χ4v) is 2.65. The van der Waals surface area contributed by atoms with E-state index in [2.05, 4.69) is 6.92 Å². The summed E-state index contributed by atoms with van der Waals surface area (Å²) in [5.41, 5.74) is 0. The molecule has 0 aromatic rings. The summed E-state index contributed by atoms with van der Waals surface area (Å²) in [5, 5.41) is 8.52. The zero-order valence-electron chi connectivity index (χ0n) is 14.2. The van der Waals surface area contributed by atoms with Crippen molar-refractivity contribution >= 4 is 52.1 Å².